The number of rotatable bonds is 8. The number of carbonyl (C=O) groups is 1. The molecule has 3 heterocycles. The van der Waals surface area contributed by atoms with E-state index >= 15 is 0 Å². The van der Waals surface area contributed by atoms with Crippen LogP contribution >= 0.6 is 0 Å². The molecule has 0 unspecified atom stereocenters. The number of aromatic nitrogens is 1. The van der Waals surface area contributed by atoms with Crippen LogP contribution < -0.4 is 22.1 Å². The maximum atomic E-state index is 12.9. The van der Waals surface area contributed by atoms with E-state index < -0.39 is 17.6 Å². The number of aliphatic imine (C=N–C) groups is 1. The van der Waals surface area contributed by atoms with Crippen molar-refractivity contribution >= 4 is 23.3 Å². The van der Waals surface area contributed by atoms with E-state index in [1.54, 1.807) is 24.5 Å². The normalized spacial score (nSPS) is 20.9. The first-order chi connectivity index (χ1) is 18.7. The third-order valence-electron chi connectivity index (χ3n) is 6.37. The SMILES string of the molecule is NC1=NC=CN(CC[C@H]2CN[C@@H](CCO)CO2)/C1=C(\N)c1ccc(C(=O)Nc2cc(C(F)(F)F)ccn2)cc1. The molecule has 1 saturated heterocycles. The number of pyridine rings is 1. The third-order valence-corrected chi connectivity index (χ3v) is 6.37. The summed E-state index contributed by atoms with van der Waals surface area (Å²) in [4.78, 5) is 22.4. The number of amidine groups is 1. The van der Waals surface area contributed by atoms with Gasteiger partial charge in [-0.25, -0.2) is 9.98 Å². The monoisotopic (exact) mass is 545 g/mol. The Kier molecular flexibility index (Phi) is 8.84. The van der Waals surface area contributed by atoms with Gasteiger partial charge in [0.15, 0.2) is 0 Å². The van der Waals surface area contributed by atoms with Gasteiger partial charge in [0.2, 0.25) is 0 Å². The molecule has 13 heteroatoms. The first kappa shape index (κ1) is 28.1. The fraction of sp³-hybridized carbons (Fsp3) is 0.346. The van der Waals surface area contributed by atoms with E-state index in [0.29, 0.717) is 49.5 Å². The molecule has 1 aromatic carbocycles. The Bertz CT molecular complexity index is 1250. The van der Waals surface area contributed by atoms with Gasteiger partial charge in [0.25, 0.3) is 5.91 Å². The number of carbonyl (C=O) groups excluding carboxylic acids is 1. The number of ether oxygens (including phenoxy) is 1. The maximum Gasteiger partial charge on any atom is 0.416 e. The van der Waals surface area contributed by atoms with Crippen molar-refractivity contribution in [2.75, 3.05) is 31.6 Å². The van der Waals surface area contributed by atoms with Gasteiger partial charge in [0.05, 0.1) is 24.0 Å². The van der Waals surface area contributed by atoms with Crippen LogP contribution in [-0.4, -0.2) is 65.2 Å². The summed E-state index contributed by atoms with van der Waals surface area (Å²) >= 11 is 0. The van der Waals surface area contributed by atoms with E-state index in [1.807, 2.05) is 4.90 Å². The number of benzene rings is 1. The molecule has 208 valence electrons. The highest BCUT2D eigenvalue weighted by atomic mass is 19.4. The Hall–Kier alpha value is -3.94. The fourth-order valence-corrected chi connectivity index (χ4v) is 4.24. The minimum absolute atomic E-state index is 0.0139. The minimum Gasteiger partial charge on any atom is -0.396 e. The number of aliphatic hydroxyl groups excluding tert-OH is 1. The molecule has 39 heavy (non-hydrogen) atoms. The molecule has 2 aliphatic heterocycles. The van der Waals surface area contributed by atoms with E-state index in [1.165, 1.54) is 12.1 Å². The van der Waals surface area contributed by atoms with Crippen LogP contribution in [0.2, 0.25) is 0 Å². The van der Waals surface area contributed by atoms with Gasteiger partial charge < -0.3 is 36.8 Å². The second-order valence-corrected chi connectivity index (χ2v) is 9.09. The molecule has 0 spiro atoms. The van der Waals surface area contributed by atoms with E-state index in [4.69, 9.17) is 21.3 Å². The van der Waals surface area contributed by atoms with Crippen LogP contribution in [0, 0.1) is 0 Å². The van der Waals surface area contributed by atoms with E-state index in [-0.39, 0.29) is 36.0 Å². The molecular weight excluding hydrogens is 515 g/mol. The number of aliphatic hydroxyl groups is 1. The first-order valence-electron chi connectivity index (χ1n) is 12.3. The molecule has 0 saturated carbocycles. The first-order valence-corrected chi connectivity index (χ1v) is 12.3. The van der Waals surface area contributed by atoms with Crippen molar-refractivity contribution in [3.63, 3.8) is 0 Å². The van der Waals surface area contributed by atoms with Crippen LogP contribution in [0.5, 0.6) is 0 Å². The molecule has 0 bridgehead atoms. The summed E-state index contributed by atoms with van der Waals surface area (Å²) in [6.45, 7) is 1.86. The number of nitrogens with two attached hydrogens (primary N) is 2. The molecule has 2 aromatic rings. The number of hydrogen-bond donors (Lipinski definition) is 5. The minimum atomic E-state index is -4.55. The number of nitrogens with one attached hydrogen (secondary N) is 2. The van der Waals surface area contributed by atoms with Gasteiger partial charge in [-0.2, -0.15) is 13.2 Å². The predicted octanol–water partition coefficient (Wildman–Crippen LogP) is 2.25. The molecular formula is C26H30F3N7O3. The van der Waals surface area contributed by atoms with Crippen molar-refractivity contribution in [2.24, 2.45) is 16.5 Å². The van der Waals surface area contributed by atoms with Crippen LogP contribution in [0.1, 0.15) is 34.3 Å². The lowest BCUT2D eigenvalue weighted by Crippen LogP contribution is -2.47. The summed E-state index contributed by atoms with van der Waals surface area (Å²) in [6, 6.07) is 7.99. The lowest BCUT2D eigenvalue weighted by molar-refractivity contribution is -0.137. The Morgan fingerprint density at radius 2 is 1.95 bits per heavy atom. The lowest BCUT2D eigenvalue weighted by Gasteiger charge is -2.33. The van der Waals surface area contributed by atoms with E-state index in [0.717, 1.165) is 18.3 Å². The van der Waals surface area contributed by atoms with E-state index in [2.05, 4.69) is 20.6 Å². The molecule has 10 nitrogen and oxygen atoms in total. The van der Waals surface area contributed by atoms with Crippen molar-refractivity contribution in [1.29, 1.82) is 0 Å². The average molecular weight is 546 g/mol. The van der Waals surface area contributed by atoms with Gasteiger partial charge in [0, 0.05) is 49.9 Å². The van der Waals surface area contributed by atoms with Gasteiger partial charge in [-0.3, -0.25) is 4.79 Å². The quantitative estimate of drug-likeness (QED) is 0.339. The Morgan fingerprint density at radius 3 is 2.62 bits per heavy atom. The van der Waals surface area contributed by atoms with Gasteiger partial charge in [-0.15, -0.1) is 0 Å². The lowest BCUT2D eigenvalue weighted by atomic mass is 10.1. The number of anilines is 1. The van der Waals surface area contributed by atoms with Crippen LogP contribution in [0.3, 0.4) is 0 Å². The van der Waals surface area contributed by atoms with E-state index in [9.17, 15) is 18.0 Å². The highest BCUT2D eigenvalue weighted by Crippen LogP contribution is 2.30. The number of hydrogen-bond acceptors (Lipinski definition) is 9. The molecule has 1 amide bonds. The number of halogens is 3. The number of morpholine rings is 1. The van der Waals surface area contributed by atoms with Gasteiger partial charge >= 0.3 is 6.18 Å². The Balaban J connectivity index is 1.43. The summed E-state index contributed by atoms with van der Waals surface area (Å²) in [6.07, 6.45) is 1.10. The molecule has 4 rings (SSSR count). The number of alkyl halides is 3. The highest BCUT2D eigenvalue weighted by molar-refractivity contribution is 6.05. The summed E-state index contributed by atoms with van der Waals surface area (Å²) < 4.78 is 44.7. The Labute approximate surface area is 223 Å². The third kappa shape index (κ3) is 7.13. The molecule has 0 radical (unpaired) electrons. The summed E-state index contributed by atoms with van der Waals surface area (Å²) in [5.41, 5.74) is 13.4. The molecule has 0 aliphatic carbocycles. The maximum absolute atomic E-state index is 12.9. The number of amides is 1. The average Bonchev–Trinajstić information content (AvgIpc) is 2.92. The Morgan fingerprint density at radius 1 is 1.21 bits per heavy atom. The second-order valence-electron chi connectivity index (χ2n) is 9.09. The van der Waals surface area contributed by atoms with Crippen LogP contribution in [0.15, 0.2) is 65.7 Å². The molecule has 1 aromatic heterocycles. The zero-order valence-corrected chi connectivity index (χ0v) is 21.0. The van der Waals surface area contributed by atoms with Crippen LogP contribution in [0.4, 0.5) is 19.0 Å². The van der Waals surface area contributed by atoms with Gasteiger partial charge in [0.1, 0.15) is 17.4 Å². The van der Waals surface area contributed by atoms with Crippen molar-refractivity contribution < 1.29 is 27.8 Å². The molecule has 2 atom stereocenters. The highest BCUT2D eigenvalue weighted by Gasteiger charge is 2.31. The van der Waals surface area contributed by atoms with Crippen LogP contribution in [0.25, 0.3) is 5.70 Å². The predicted molar refractivity (Wildman–Crippen MR) is 140 cm³/mol. The molecule has 1 fully saturated rings. The van der Waals surface area contributed by atoms with Crippen molar-refractivity contribution in [3.8, 4) is 0 Å². The largest absolute Gasteiger partial charge is 0.416 e. The van der Waals surface area contributed by atoms with Gasteiger partial charge in [-0.1, -0.05) is 12.1 Å². The van der Waals surface area contributed by atoms with Gasteiger partial charge in [-0.05, 0) is 42.7 Å². The molecule has 7 N–H and O–H groups in total. The summed E-state index contributed by atoms with van der Waals surface area (Å²) in [5, 5.41) is 14.8. The smallest absolute Gasteiger partial charge is 0.396 e. The van der Waals surface area contributed by atoms with Crippen LogP contribution in [-0.2, 0) is 10.9 Å². The zero-order chi connectivity index (χ0) is 28.0. The zero-order valence-electron chi connectivity index (χ0n) is 21.0. The van der Waals surface area contributed by atoms with Crippen molar-refractivity contribution in [1.82, 2.24) is 15.2 Å². The summed E-state index contributed by atoms with van der Waals surface area (Å²) in [7, 11) is 0. The number of nitrogens with zero attached hydrogens (tertiary/aromatic N) is 3. The second kappa shape index (κ2) is 12.3. The fourth-order valence-electron chi connectivity index (χ4n) is 4.24. The standard InChI is InChI=1S/C26H30F3N7O3/c27-26(28,29)18-5-8-32-21(13-18)35-25(38)17-3-1-16(2-4-17)22(30)23-24(31)33-9-11-36(23)10-6-20-14-34-19(7-12-37)15-39-20/h1-5,8-9,11,13,19-20,34,37H,6-7,10,12,14-15,30H2,(H2,31,33)(H,32,35,38)/b23-22-/t19-,20-/m0/s1. The molecule has 2 aliphatic rings. The summed E-state index contributed by atoms with van der Waals surface area (Å²) in [5.74, 6) is -0.599. The topological polar surface area (TPSA) is 151 Å². The van der Waals surface area contributed by atoms with Crippen molar-refractivity contribution in [3.05, 3.63) is 77.4 Å². The van der Waals surface area contributed by atoms with Crippen molar-refractivity contribution in [2.45, 2.75) is 31.2 Å².